The first-order valence-corrected chi connectivity index (χ1v) is 6.19. The molecule has 0 aliphatic carbocycles. The minimum atomic E-state index is -0.660. The lowest BCUT2D eigenvalue weighted by Crippen LogP contribution is -1.97. The minimum absolute atomic E-state index is 0.660. The molecular formula is C10H7BrClNOS. The van der Waals surface area contributed by atoms with E-state index >= 15 is 0 Å². The van der Waals surface area contributed by atoms with Crippen molar-refractivity contribution in [2.45, 2.75) is 6.10 Å². The van der Waals surface area contributed by atoms with Gasteiger partial charge in [-0.1, -0.05) is 11.6 Å². The van der Waals surface area contributed by atoms with Gasteiger partial charge in [-0.2, -0.15) is 0 Å². The van der Waals surface area contributed by atoms with E-state index < -0.39 is 6.10 Å². The van der Waals surface area contributed by atoms with Crippen LogP contribution in [0, 0.1) is 0 Å². The molecule has 0 saturated heterocycles. The number of hydrogen-bond donors (Lipinski definition) is 1. The Bertz CT molecular complexity index is 474. The van der Waals surface area contributed by atoms with Gasteiger partial charge in [0.25, 0.3) is 0 Å². The Hall–Kier alpha value is -0.420. The third-order valence-electron chi connectivity index (χ3n) is 1.91. The lowest BCUT2D eigenvalue weighted by atomic mass is 10.1. The van der Waals surface area contributed by atoms with Gasteiger partial charge in [0.1, 0.15) is 6.10 Å². The van der Waals surface area contributed by atoms with E-state index in [4.69, 9.17) is 11.6 Å². The molecule has 0 aliphatic heterocycles. The van der Waals surface area contributed by atoms with Crippen LogP contribution in [0.2, 0.25) is 4.34 Å². The lowest BCUT2D eigenvalue weighted by Gasteiger charge is -2.08. The maximum Gasteiger partial charge on any atom is 0.115 e. The molecular weight excluding hydrogens is 298 g/mol. The third kappa shape index (κ3) is 2.58. The zero-order valence-corrected chi connectivity index (χ0v) is 10.7. The molecule has 1 atom stereocenters. The molecule has 2 rings (SSSR count). The van der Waals surface area contributed by atoms with Gasteiger partial charge < -0.3 is 5.11 Å². The van der Waals surface area contributed by atoms with E-state index in [1.807, 2.05) is 12.1 Å². The van der Waals surface area contributed by atoms with Gasteiger partial charge >= 0.3 is 0 Å². The van der Waals surface area contributed by atoms with E-state index in [2.05, 4.69) is 20.9 Å². The van der Waals surface area contributed by atoms with Crippen LogP contribution in [0.1, 0.15) is 16.5 Å². The smallest absolute Gasteiger partial charge is 0.115 e. The van der Waals surface area contributed by atoms with Crippen LogP contribution in [0.4, 0.5) is 0 Å². The summed E-state index contributed by atoms with van der Waals surface area (Å²) in [5.41, 5.74) is 0.753. The highest BCUT2D eigenvalue weighted by molar-refractivity contribution is 9.10. The zero-order chi connectivity index (χ0) is 10.8. The molecule has 78 valence electrons. The highest BCUT2D eigenvalue weighted by atomic mass is 79.9. The van der Waals surface area contributed by atoms with Gasteiger partial charge in [-0.3, -0.25) is 4.98 Å². The van der Waals surface area contributed by atoms with Gasteiger partial charge in [-0.15, -0.1) is 11.3 Å². The third-order valence-corrected chi connectivity index (χ3v) is 3.62. The van der Waals surface area contributed by atoms with Gasteiger partial charge in [0.05, 0.1) is 4.34 Å². The van der Waals surface area contributed by atoms with Gasteiger partial charge in [0.2, 0.25) is 0 Å². The fourth-order valence-electron chi connectivity index (χ4n) is 1.22. The first-order valence-electron chi connectivity index (χ1n) is 4.20. The number of nitrogens with zero attached hydrogens (tertiary/aromatic N) is 1. The normalized spacial score (nSPS) is 12.7. The predicted molar refractivity (Wildman–Crippen MR) is 65.3 cm³/mol. The molecule has 0 fully saturated rings. The number of thiophene rings is 1. The number of aromatic nitrogens is 1. The summed E-state index contributed by atoms with van der Waals surface area (Å²) in [6, 6.07) is 5.43. The molecule has 5 heteroatoms. The fraction of sp³-hybridized carbons (Fsp3) is 0.100. The number of aliphatic hydroxyl groups excluding tert-OH is 1. The van der Waals surface area contributed by atoms with Crippen LogP contribution in [-0.2, 0) is 0 Å². The molecule has 2 aromatic rings. The van der Waals surface area contributed by atoms with Crippen molar-refractivity contribution in [1.29, 1.82) is 0 Å². The van der Waals surface area contributed by atoms with Gasteiger partial charge in [-0.25, -0.2) is 0 Å². The predicted octanol–water partition coefficient (Wildman–Crippen LogP) is 3.64. The van der Waals surface area contributed by atoms with Crippen LogP contribution in [0.5, 0.6) is 0 Å². The summed E-state index contributed by atoms with van der Waals surface area (Å²) in [6.45, 7) is 0. The van der Waals surface area contributed by atoms with E-state index in [0.717, 1.165) is 14.9 Å². The van der Waals surface area contributed by atoms with Crippen LogP contribution in [0.25, 0.3) is 0 Å². The monoisotopic (exact) mass is 303 g/mol. The molecule has 2 heterocycles. The maximum atomic E-state index is 10.0. The molecule has 0 aromatic carbocycles. The van der Waals surface area contributed by atoms with Crippen LogP contribution < -0.4 is 0 Å². The molecule has 15 heavy (non-hydrogen) atoms. The van der Waals surface area contributed by atoms with Gasteiger partial charge in [0.15, 0.2) is 0 Å². The van der Waals surface area contributed by atoms with Crippen LogP contribution >= 0.6 is 38.9 Å². The molecule has 0 spiro atoms. The average Bonchev–Trinajstić information content (AvgIpc) is 2.64. The van der Waals surface area contributed by atoms with Gasteiger partial charge in [0, 0.05) is 27.3 Å². The average molecular weight is 305 g/mol. The van der Waals surface area contributed by atoms with Crippen molar-refractivity contribution in [3.8, 4) is 0 Å². The summed E-state index contributed by atoms with van der Waals surface area (Å²) >= 11 is 10.5. The summed E-state index contributed by atoms with van der Waals surface area (Å²) in [6.07, 6.45) is 2.66. The van der Waals surface area contributed by atoms with E-state index in [-0.39, 0.29) is 0 Å². The highest BCUT2D eigenvalue weighted by Gasteiger charge is 2.13. The van der Waals surface area contributed by atoms with Crippen molar-refractivity contribution in [1.82, 2.24) is 4.98 Å². The second kappa shape index (κ2) is 4.61. The van der Waals surface area contributed by atoms with Crippen LogP contribution in [0.3, 0.4) is 0 Å². The van der Waals surface area contributed by atoms with Crippen molar-refractivity contribution in [3.63, 3.8) is 0 Å². The first-order chi connectivity index (χ1) is 7.16. The second-order valence-electron chi connectivity index (χ2n) is 2.98. The summed E-state index contributed by atoms with van der Waals surface area (Å²) in [5.74, 6) is 0. The largest absolute Gasteiger partial charge is 0.383 e. The van der Waals surface area contributed by atoms with Crippen molar-refractivity contribution in [2.24, 2.45) is 0 Å². The molecule has 2 nitrogen and oxygen atoms in total. The number of aliphatic hydroxyl groups is 1. The molecule has 0 radical (unpaired) electrons. The van der Waals surface area contributed by atoms with E-state index in [0.29, 0.717) is 4.34 Å². The van der Waals surface area contributed by atoms with Crippen LogP contribution in [-0.4, -0.2) is 10.1 Å². The van der Waals surface area contributed by atoms with Crippen molar-refractivity contribution in [2.75, 3.05) is 0 Å². The van der Waals surface area contributed by atoms with Crippen molar-refractivity contribution < 1.29 is 5.11 Å². The zero-order valence-electron chi connectivity index (χ0n) is 7.52. The molecule has 0 bridgehead atoms. The Morgan fingerprint density at radius 3 is 2.80 bits per heavy atom. The molecule has 1 unspecified atom stereocenters. The summed E-state index contributed by atoms with van der Waals surface area (Å²) in [7, 11) is 0. The topological polar surface area (TPSA) is 33.1 Å². The molecule has 1 N–H and O–H groups in total. The number of hydrogen-bond acceptors (Lipinski definition) is 3. The van der Waals surface area contributed by atoms with E-state index in [1.165, 1.54) is 11.3 Å². The fourth-order valence-corrected chi connectivity index (χ4v) is 2.68. The maximum absolute atomic E-state index is 10.0. The number of rotatable bonds is 2. The summed E-state index contributed by atoms with van der Waals surface area (Å²) in [5, 5.41) is 10.0. The summed E-state index contributed by atoms with van der Waals surface area (Å²) in [4.78, 5) is 4.82. The Labute approximate surface area is 105 Å². The molecule has 0 saturated carbocycles. The second-order valence-corrected chi connectivity index (χ2v) is 5.64. The SMILES string of the molecule is OC(c1cncc(Br)c1)c1ccc(Cl)s1. The Morgan fingerprint density at radius 1 is 1.40 bits per heavy atom. The Morgan fingerprint density at radius 2 is 2.20 bits per heavy atom. The molecule has 0 aliphatic rings. The summed E-state index contributed by atoms with van der Waals surface area (Å²) < 4.78 is 1.52. The molecule has 2 aromatic heterocycles. The van der Waals surface area contributed by atoms with Crippen molar-refractivity contribution in [3.05, 3.63) is 49.8 Å². The quantitative estimate of drug-likeness (QED) is 0.919. The lowest BCUT2D eigenvalue weighted by molar-refractivity contribution is 0.223. The first kappa shape index (κ1) is 11.1. The minimum Gasteiger partial charge on any atom is -0.383 e. The van der Waals surface area contributed by atoms with Crippen LogP contribution in [0.15, 0.2) is 35.1 Å². The van der Waals surface area contributed by atoms with Crippen molar-refractivity contribution >= 4 is 38.9 Å². The van der Waals surface area contributed by atoms with Gasteiger partial charge in [-0.05, 0) is 34.1 Å². The van der Waals surface area contributed by atoms with E-state index in [1.54, 1.807) is 18.5 Å². The van der Waals surface area contributed by atoms with E-state index in [9.17, 15) is 5.11 Å². The highest BCUT2D eigenvalue weighted by Crippen LogP contribution is 2.31. The standard InChI is InChI=1S/C10H7BrClNOS/c11-7-3-6(4-13-5-7)10(14)8-1-2-9(12)15-8/h1-5,10,14H. The Balaban J connectivity index is 2.32. The number of pyridine rings is 1. The number of halogens is 2. The molecule has 0 amide bonds. The Kier molecular flexibility index (Phi) is 3.41.